The molecule has 1 heterocycles. The van der Waals surface area contributed by atoms with E-state index in [-0.39, 0.29) is 42.8 Å². The fourth-order valence-corrected chi connectivity index (χ4v) is 2.68. The molecule has 1 aliphatic rings. The van der Waals surface area contributed by atoms with Crippen LogP contribution in [-0.2, 0) is 9.47 Å². The monoisotopic (exact) mass is 477 g/mol. The number of guanidine groups is 1. The number of nitrogens with zero attached hydrogens (tertiary/aromatic N) is 1. The van der Waals surface area contributed by atoms with E-state index in [9.17, 15) is 5.11 Å². The first-order valence-corrected chi connectivity index (χ1v) is 9.17. The van der Waals surface area contributed by atoms with Gasteiger partial charge < -0.3 is 25.2 Å². The maximum absolute atomic E-state index is 10.1. The number of ether oxygens (including phenoxy) is 2. The Kier molecular flexibility index (Phi) is 11.8. The Hall–Kier alpha value is -0.900. The van der Waals surface area contributed by atoms with Crippen LogP contribution in [0.3, 0.4) is 0 Å². The molecular weight excluding hydrogens is 445 g/mol. The van der Waals surface area contributed by atoms with Gasteiger partial charge in [-0.05, 0) is 32.3 Å². The lowest BCUT2D eigenvalue weighted by Crippen LogP contribution is -2.41. The first-order valence-electron chi connectivity index (χ1n) is 9.17. The van der Waals surface area contributed by atoms with Gasteiger partial charge in [-0.1, -0.05) is 30.3 Å². The van der Waals surface area contributed by atoms with Crippen LogP contribution in [0.2, 0.25) is 0 Å². The van der Waals surface area contributed by atoms with Crippen LogP contribution >= 0.6 is 24.0 Å². The second kappa shape index (κ2) is 13.3. The van der Waals surface area contributed by atoms with E-state index in [4.69, 9.17) is 9.47 Å². The van der Waals surface area contributed by atoms with Crippen LogP contribution in [0.5, 0.6) is 0 Å². The highest BCUT2D eigenvalue weighted by Gasteiger charge is 2.15. The van der Waals surface area contributed by atoms with Gasteiger partial charge in [0.15, 0.2) is 5.96 Å². The van der Waals surface area contributed by atoms with Gasteiger partial charge in [0, 0.05) is 19.7 Å². The zero-order chi connectivity index (χ0) is 17.9. The Bertz CT molecular complexity index is 510. The van der Waals surface area contributed by atoms with Gasteiger partial charge in [0.2, 0.25) is 0 Å². The second-order valence-electron chi connectivity index (χ2n) is 6.28. The van der Waals surface area contributed by atoms with E-state index < -0.39 is 6.10 Å². The van der Waals surface area contributed by atoms with Crippen molar-refractivity contribution >= 4 is 29.9 Å². The average molecular weight is 477 g/mol. The summed E-state index contributed by atoms with van der Waals surface area (Å²) >= 11 is 0. The van der Waals surface area contributed by atoms with Crippen LogP contribution in [0.4, 0.5) is 0 Å². The lowest BCUT2D eigenvalue weighted by molar-refractivity contribution is 0.00111. The topological polar surface area (TPSA) is 75.1 Å². The Morgan fingerprint density at radius 3 is 2.77 bits per heavy atom. The van der Waals surface area contributed by atoms with Crippen LogP contribution in [0.1, 0.15) is 38.4 Å². The normalized spacial score (nSPS) is 19.5. The SMILES string of the molecule is CCNC(=NCC(O)COC(C)c1ccccc1)NCC1CCCO1.I. The quantitative estimate of drug-likeness (QED) is 0.290. The summed E-state index contributed by atoms with van der Waals surface area (Å²) in [5, 5.41) is 16.6. The molecule has 3 atom stereocenters. The highest BCUT2D eigenvalue weighted by atomic mass is 127. The van der Waals surface area contributed by atoms with E-state index in [1.54, 1.807) is 0 Å². The number of hydrogen-bond acceptors (Lipinski definition) is 4. The lowest BCUT2D eigenvalue weighted by atomic mass is 10.1. The van der Waals surface area contributed by atoms with Gasteiger partial charge in [0.05, 0.1) is 31.5 Å². The Morgan fingerprint density at radius 1 is 1.35 bits per heavy atom. The molecule has 3 unspecified atom stereocenters. The largest absolute Gasteiger partial charge is 0.389 e. The van der Waals surface area contributed by atoms with Crippen molar-refractivity contribution in [3.05, 3.63) is 35.9 Å². The Morgan fingerprint density at radius 2 is 2.12 bits per heavy atom. The van der Waals surface area contributed by atoms with Crippen molar-refractivity contribution in [3.63, 3.8) is 0 Å². The molecule has 1 aromatic rings. The van der Waals surface area contributed by atoms with Gasteiger partial charge in [0.1, 0.15) is 0 Å². The minimum atomic E-state index is -0.635. The summed E-state index contributed by atoms with van der Waals surface area (Å²) < 4.78 is 11.3. The summed E-state index contributed by atoms with van der Waals surface area (Å²) in [6.07, 6.45) is 1.77. The standard InChI is InChI=1S/C19H31N3O3.HI/c1-3-20-19(22-13-18-10-7-11-24-18)21-12-17(23)14-25-15(2)16-8-5-4-6-9-16;/h4-6,8-9,15,17-18,23H,3,7,10-14H2,1-2H3,(H2,20,21,22);1H. The highest BCUT2D eigenvalue weighted by molar-refractivity contribution is 14.0. The average Bonchev–Trinajstić information content (AvgIpc) is 3.16. The zero-order valence-electron chi connectivity index (χ0n) is 15.7. The van der Waals surface area contributed by atoms with E-state index in [1.807, 2.05) is 44.2 Å². The molecule has 0 aromatic heterocycles. The van der Waals surface area contributed by atoms with Crippen LogP contribution in [-0.4, -0.2) is 56.1 Å². The number of nitrogens with one attached hydrogen (secondary N) is 2. The Balaban J connectivity index is 0.00000338. The molecule has 148 valence electrons. The molecule has 7 heteroatoms. The summed E-state index contributed by atoms with van der Waals surface area (Å²) in [6, 6.07) is 9.99. The third-order valence-electron chi connectivity index (χ3n) is 4.13. The minimum Gasteiger partial charge on any atom is -0.389 e. The fraction of sp³-hybridized carbons (Fsp3) is 0.632. The van der Waals surface area contributed by atoms with Crippen LogP contribution < -0.4 is 10.6 Å². The number of aliphatic hydroxyl groups is 1. The van der Waals surface area contributed by atoms with Gasteiger partial charge in [-0.2, -0.15) is 0 Å². The van der Waals surface area contributed by atoms with Gasteiger partial charge in [-0.25, -0.2) is 0 Å². The molecule has 0 amide bonds. The zero-order valence-corrected chi connectivity index (χ0v) is 18.0. The smallest absolute Gasteiger partial charge is 0.191 e. The van der Waals surface area contributed by atoms with Gasteiger partial charge in [0.25, 0.3) is 0 Å². The van der Waals surface area contributed by atoms with E-state index in [0.717, 1.165) is 38.1 Å². The lowest BCUT2D eigenvalue weighted by Gasteiger charge is -2.17. The number of halogens is 1. The summed E-state index contributed by atoms with van der Waals surface area (Å²) in [4.78, 5) is 4.43. The van der Waals surface area contributed by atoms with Crippen LogP contribution in [0, 0.1) is 0 Å². The van der Waals surface area contributed by atoms with Crippen LogP contribution in [0.25, 0.3) is 0 Å². The van der Waals surface area contributed by atoms with Gasteiger partial charge in [-0.15, -0.1) is 24.0 Å². The van der Waals surface area contributed by atoms with Crippen LogP contribution in [0.15, 0.2) is 35.3 Å². The molecule has 1 saturated heterocycles. The predicted molar refractivity (Wildman–Crippen MR) is 115 cm³/mol. The molecule has 3 N–H and O–H groups in total. The van der Waals surface area contributed by atoms with Crippen molar-refractivity contribution in [2.45, 2.75) is 45.0 Å². The second-order valence-corrected chi connectivity index (χ2v) is 6.28. The third kappa shape index (κ3) is 8.66. The molecular formula is C19H32IN3O3. The number of rotatable bonds is 9. The van der Waals surface area contributed by atoms with Gasteiger partial charge >= 0.3 is 0 Å². The first kappa shape index (κ1) is 23.1. The summed E-state index contributed by atoms with van der Waals surface area (Å²) in [5.74, 6) is 0.702. The van der Waals surface area contributed by atoms with Crippen molar-refractivity contribution < 1.29 is 14.6 Å². The third-order valence-corrected chi connectivity index (χ3v) is 4.13. The highest BCUT2D eigenvalue weighted by Crippen LogP contribution is 2.16. The van der Waals surface area contributed by atoms with Crippen molar-refractivity contribution in [1.82, 2.24) is 10.6 Å². The summed E-state index contributed by atoms with van der Waals surface area (Å²) in [5.41, 5.74) is 1.10. The molecule has 1 aromatic carbocycles. The molecule has 0 saturated carbocycles. The molecule has 1 fully saturated rings. The first-order chi connectivity index (χ1) is 12.2. The molecule has 26 heavy (non-hydrogen) atoms. The number of hydrogen-bond donors (Lipinski definition) is 3. The maximum Gasteiger partial charge on any atom is 0.191 e. The molecule has 2 rings (SSSR count). The van der Waals surface area contributed by atoms with Crippen molar-refractivity contribution in [2.24, 2.45) is 4.99 Å². The molecule has 0 spiro atoms. The Labute approximate surface area is 173 Å². The van der Waals surface area contributed by atoms with E-state index in [1.165, 1.54) is 0 Å². The van der Waals surface area contributed by atoms with Gasteiger partial charge in [-0.3, -0.25) is 4.99 Å². The van der Waals surface area contributed by atoms with E-state index in [2.05, 4.69) is 15.6 Å². The van der Waals surface area contributed by atoms with Crippen molar-refractivity contribution in [2.75, 3.05) is 32.8 Å². The molecule has 0 bridgehead atoms. The number of benzene rings is 1. The summed E-state index contributed by atoms with van der Waals surface area (Å²) in [6.45, 7) is 6.91. The minimum absolute atomic E-state index is 0. The molecule has 1 aliphatic heterocycles. The van der Waals surface area contributed by atoms with E-state index in [0.29, 0.717) is 12.5 Å². The molecule has 0 aliphatic carbocycles. The maximum atomic E-state index is 10.1. The number of aliphatic hydroxyl groups excluding tert-OH is 1. The van der Waals surface area contributed by atoms with Crippen molar-refractivity contribution in [3.8, 4) is 0 Å². The number of aliphatic imine (C=N–C) groups is 1. The predicted octanol–water partition coefficient (Wildman–Crippen LogP) is 2.48. The van der Waals surface area contributed by atoms with Crippen molar-refractivity contribution in [1.29, 1.82) is 0 Å². The molecule has 6 nitrogen and oxygen atoms in total. The fourth-order valence-electron chi connectivity index (χ4n) is 2.68. The molecule has 0 radical (unpaired) electrons. The van der Waals surface area contributed by atoms with E-state index >= 15 is 0 Å². The summed E-state index contributed by atoms with van der Waals surface area (Å²) in [7, 11) is 0.